The number of likely N-dealkylation sites (tertiary alicyclic amines) is 1. The summed E-state index contributed by atoms with van der Waals surface area (Å²) < 4.78 is 36.5. The predicted molar refractivity (Wildman–Crippen MR) is 141 cm³/mol. The molecule has 3 heterocycles. The molecule has 0 unspecified atom stereocenters. The number of hydrogen-bond donors (Lipinski definition) is 2. The first kappa shape index (κ1) is 26.4. The summed E-state index contributed by atoms with van der Waals surface area (Å²) in [6.07, 6.45) is 6.12. The van der Waals surface area contributed by atoms with Gasteiger partial charge in [0.15, 0.2) is 11.6 Å². The van der Waals surface area contributed by atoms with Gasteiger partial charge in [0.25, 0.3) is 0 Å². The molecule has 1 saturated heterocycles. The number of halogens is 2. The molecule has 0 spiro atoms. The Labute approximate surface area is 223 Å². The number of carbonyl (C=O) groups is 1. The lowest BCUT2D eigenvalue weighted by Crippen LogP contribution is -2.24. The molecule has 10 nitrogen and oxygen atoms in total. The van der Waals surface area contributed by atoms with E-state index < -0.39 is 17.5 Å². The van der Waals surface area contributed by atoms with E-state index in [-0.39, 0.29) is 18.8 Å². The molecule has 2 aromatic heterocycles. The number of benzene rings is 2. The molecular formula is C27H29F2N7O3. The maximum atomic E-state index is 15.0. The molecule has 0 aliphatic carbocycles. The molecule has 1 aliphatic heterocycles. The second-order valence-electron chi connectivity index (χ2n) is 9.49. The molecule has 5 rings (SSSR count). The number of carbonyl (C=O) groups excluding carboxylic acids is 1. The van der Waals surface area contributed by atoms with Crippen molar-refractivity contribution in [2.24, 2.45) is 11.7 Å². The molecule has 204 valence electrons. The SMILES string of the molecule is NC(=O)Cn1cc(N(c2cccc(F)c2F)c2ncnc3cc(OCCCN4CC[C@H](CO)C4)ccc23)cn1. The Bertz CT molecular complexity index is 1460. The van der Waals surface area contributed by atoms with Gasteiger partial charge in [-0.3, -0.25) is 14.4 Å². The van der Waals surface area contributed by atoms with Crippen molar-refractivity contribution in [1.29, 1.82) is 0 Å². The van der Waals surface area contributed by atoms with Crippen LogP contribution in [0.25, 0.3) is 10.9 Å². The van der Waals surface area contributed by atoms with Crippen LogP contribution in [0.5, 0.6) is 5.75 Å². The zero-order chi connectivity index (χ0) is 27.4. The van der Waals surface area contributed by atoms with Gasteiger partial charge in [-0.1, -0.05) is 6.07 Å². The number of nitrogens with two attached hydrogens (primary N) is 1. The molecule has 1 atom stereocenters. The fourth-order valence-corrected chi connectivity index (χ4v) is 4.79. The smallest absolute Gasteiger partial charge is 0.239 e. The Kier molecular flexibility index (Phi) is 7.94. The van der Waals surface area contributed by atoms with E-state index in [2.05, 4.69) is 20.0 Å². The monoisotopic (exact) mass is 537 g/mol. The Morgan fingerprint density at radius 2 is 2.10 bits per heavy atom. The molecule has 1 aliphatic rings. The Morgan fingerprint density at radius 3 is 2.90 bits per heavy atom. The number of anilines is 3. The molecule has 0 radical (unpaired) electrons. The normalized spacial score (nSPS) is 15.6. The summed E-state index contributed by atoms with van der Waals surface area (Å²) in [4.78, 5) is 23.9. The van der Waals surface area contributed by atoms with Gasteiger partial charge < -0.3 is 20.5 Å². The van der Waals surface area contributed by atoms with Gasteiger partial charge in [-0.05, 0) is 49.6 Å². The summed E-state index contributed by atoms with van der Waals surface area (Å²) in [5.41, 5.74) is 6.10. The van der Waals surface area contributed by atoms with Gasteiger partial charge in [-0.25, -0.2) is 18.7 Å². The van der Waals surface area contributed by atoms with E-state index in [1.54, 1.807) is 18.2 Å². The van der Waals surface area contributed by atoms with Crippen molar-refractivity contribution in [3.63, 3.8) is 0 Å². The molecule has 0 saturated carbocycles. The first-order valence-corrected chi connectivity index (χ1v) is 12.7. The number of hydrogen-bond acceptors (Lipinski definition) is 8. The van der Waals surface area contributed by atoms with E-state index in [1.807, 2.05) is 0 Å². The minimum atomic E-state index is -1.06. The summed E-state index contributed by atoms with van der Waals surface area (Å²) >= 11 is 0. The molecule has 12 heteroatoms. The first-order chi connectivity index (χ1) is 18.9. The van der Waals surface area contributed by atoms with Gasteiger partial charge in [0, 0.05) is 37.3 Å². The van der Waals surface area contributed by atoms with Gasteiger partial charge in [-0.15, -0.1) is 0 Å². The standard InChI is InChI=1S/C27H29F2N7O3/c28-22-3-1-4-24(26(22)29)36(19-12-33-35(14-19)15-25(30)38)27-21-6-5-20(11-23(21)31-17-32-27)39-10-2-8-34-9-7-18(13-34)16-37/h1,3-6,11-12,14,17-18,37H,2,7-10,13,15-16H2,(H2,30,38)/t18-/m0/s1. The van der Waals surface area contributed by atoms with E-state index in [1.165, 1.54) is 40.4 Å². The van der Waals surface area contributed by atoms with E-state index in [0.29, 0.717) is 40.7 Å². The topological polar surface area (TPSA) is 123 Å². The van der Waals surface area contributed by atoms with Crippen LogP contribution >= 0.6 is 0 Å². The van der Waals surface area contributed by atoms with Crippen molar-refractivity contribution < 1.29 is 23.4 Å². The highest BCUT2D eigenvalue weighted by molar-refractivity contribution is 5.95. The van der Waals surface area contributed by atoms with Crippen LogP contribution in [0.2, 0.25) is 0 Å². The maximum Gasteiger partial charge on any atom is 0.239 e. The van der Waals surface area contributed by atoms with Gasteiger partial charge in [0.05, 0.1) is 29.7 Å². The number of amides is 1. The van der Waals surface area contributed by atoms with Crippen molar-refractivity contribution in [3.05, 3.63) is 66.8 Å². The zero-order valence-electron chi connectivity index (χ0n) is 21.2. The largest absolute Gasteiger partial charge is 0.493 e. The minimum absolute atomic E-state index is 0.0840. The van der Waals surface area contributed by atoms with Gasteiger partial charge >= 0.3 is 0 Å². The highest BCUT2D eigenvalue weighted by Crippen LogP contribution is 2.39. The highest BCUT2D eigenvalue weighted by atomic mass is 19.2. The van der Waals surface area contributed by atoms with E-state index in [4.69, 9.17) is 10.5 Å². The zero-order valence-corrected chi connectivity index (χ0v) is 21.2. The van der Waals surface area contributed by atoms with Gasteiger partial charge in [0.1, 0.15) is 24.4 Å². The van der Waals surface area contributed by atoms with E-state index >= 15 is 4.39 Å². The Hall–Kier alpha value is -4.16. The van der Waals surface area contributed by atoms with Gasteiger partial charge in [0.2, 0.25) is 5.91 Å². The molecule has 4 aromatic rings. The number of rotatable bonds is 11. The number of fused-ring (bicyclic) bond motifs is 1. The van der Waals surface area contributed by atoms with Crippen LogP contribution in [-0.4, -0.2) is 68.5 Å². The number of nitrogens with zero attached hydrogens (tertiary/aromatic N) is 6. The summed E-state index contributed by atoms with van der Waals surface area (Å²) in [6, 6.07) is 9.18. The summed E-state index contributed by atoms with van der Waals surface area (Å²) in [7, 11) is 0. The van der Waals surface area contributed by atoms with Crippen molar-refractivity contribution in [3.8, 4) is 5.75 Å². The molecule has 3 N–H and O–H groups in total. The van der Waals surface area contributed by atoms with Crippen LogP contribution in [0.3, 0.4) is 0 Å². The Balaban J connectivity index is 1.40. The van der Waals surface area contributed by atoms with Crippen molar-refractivity contribution in [2.75, 3.05) is 37.7 Å². The number of aromatic nitrogens is 4. The minimum Gasteiger partial charge on any atom is -0.493 e. The van der Waals surface area contributed by atoms with E-state index in [0.717, 1.165) is 38.5 Å². The fourth-order valence-electron chi connectivity index (χ4n) is 4.79. The van der Waals surface area contributed by atoms with Crippen LogP contribution in [0.4, 0.5) is 26.0 Å². The van der Waals surface area contributed by atoms with Crippen LogP contribution < -0.4 is 15.4 Å². The highest BCUT2D eigenvalue weighted by Gasteiger charge is 2.24. The van der Waals surface area contributed by atoms with Crippen molar-refractivity contribution in [2.45, 2.75) is 19.4 Å². The van der Waals surface area contributed by atoms with E-state index in [9.17, 15) is 14.3 Å². The van der Waals surface area contributed by atoms with Crippen LogP contribution in [0.1, 0.15) is 12.8 Å². The fraction of sp³-hybridized carbons (Fsp3) is 0.333. The van der Waals surface area contributed by atoms with Crippen molar-refractivity contribution >= 4 is 34.0 Å². The molecule has 0 bridgehead atoms. The average molecular weight is 538 g/mol. The second-order valence-corrected chi connectivity index (χ2v) is 9.49. The average Bonchev–Trinajstić information content (AvgIpc) is 3.58. The lowest BCUT2D eigenvalue weighted by Gasteiger charge is -2.24. The third-order valence-electron chi connectivity index (χ3n) is 6.68. The quantitative estimate of drug-likeness (QED) is 0.280. The van der Waals surface area contributed by atoms with Crippen LogP contribution in [0, 0.1) is 17.6 Å². The number of aliphatic hydroxyl groups excluding tert-OH is 1. The number of ether oxygens (including phenoxy) is 1. The molecule has 39 heavy (non-hydrogen) atoms. The lowest BCUT2D eigenvalue weighted by molar-refractivity contribution is -0.118. The summed E-state index contributed by atoms with van der Waals surface area (Å²) in [6.45, 7) is 3.37. The molecule has 1 fully saturated rings. The third kappa shape index (κ3) is 5.96. The molecular weight excluding hydrogens is 508 g/mol. The Morgan fingerprint density at radius 1 is 1.23 bits per heavy atom. The van der Waals surface area contributed by atoms with Crippen LogP contribution in [-0.2, 0) is 11.3 Å². The summed E-state index contributed by atoms with van der Waals surface area (Å²) in [5.74, 6) is -1.39. The van der Waals surface area contributed by atoms with Gasteiger partial charge in [-0.2, -0.15) is 5.10 Å². The lowest BCUT2D eigenvalue weighted by atomic mass is 10.1. The first-order valence-electron chi connectivity index (χ1n) is 12.7. The van der Waals surface area contributed by atoms with Crippen molar-refractivity contribution in [1.82, 2.24) is 24.6 Å². The third-order valence-corrected chi connectivity index (χ3v) is 6.68. The van der Waals surface area contributed by atoms with Crippen LogP contribution in [0.15, 0.2) is 55.1 Å². The number of primary amides is 1. The molecule has 2 aromatic carbocycles. The second kappa shape index (κ2) is 11.7. The predicted octanol–water partition coefficient (Wildman–Crippen LogP) is 3.14. The molecule has 1 amide bonds. The number of aliphatic hydroxyl groups is 1. The summed E-state index contributed by atoms with van der Waals surface area (Å²) in [5, 5.41) is 14.0. The maximum absolute atomic E-state index is 15.0.